The Morgan fingerprint density at radius 2 is 2.17 bits per heavy atom. The van der Waals surface area contributed by atoms with Crippen LogP contribution in [0.5, 0.6) is 0 Å². The molecule has 2 N–H and O–H groups in total. The second-order valence-corrected chi connectivity index (χ2v) is 6.34. The lowest BCUT2D eigenvalue weighted by Crippen LogP contribution is -2.50. The number of hydrogen-bond acceptors (Lipinski definition) is 3. The maximum Gasteiger partial charge on any atom is 0.255 e. The zero-order chi connectivity index (χ0) is 16.2. The SMILES string of the molecule is Cc1c(C(=O)NC2CNCCC2C)cnn1Cc1ccccc1. The van der Waals surface area contributed by atoms with Gasteiger partial charge >= 0.3 is 0 Å². The Kier molecular flexibility index (Phi) is 4.76. The Bertz CT molecular complexity index is 665. The second kappa shape index (κ2) is 6.96. The van der Waals surface area contributed by atoms with Crippen molar-refractivity contribution in [1.29, 1.82) is 0 Å². The van der Waals surface area contributed by atoms with Gasteiger partial charge in [-0.25, -0.2) is 0 Å². The number of nitrogens with one attached hydrogen (secondary N) is 2. The number of aromatic nitrogens is 2. The standard InChI is InChI=1S/C18H24N4O/c1-13-8-9-19-11-17(13)21-18(23)16-10-20-22(14(16)2)12-15-6-4-3-5-7-15/h3-7,10,13,17,19H,8-9,11-12H2,1-2H3,(H,21,23). The fraction of sp³-hybridized carbons (Fsp3) is 0.444. The summed E-state index contributed by atoms with van der Waals surface area (Å²) in [4.78, 5) is 12.6. The molecule has 1 amide bonds. The Balaban J connectivity index is 1.69. The van der Waals surface area contributed by atoms with E-state index in [1.807, 2.05) is 29.8 Å². The summed E-state index contributed by atoms with van der Waals surface area (Å²) in [5, 5.41) is 10.9. The Labute approximate surface area is 137 Å². The topological polar surface area (TPSA) is 59.0 Å². The lowest BCUT2D eigenvalue weighted by molar-refractivity contribution is 0.0914. The van der Waals surface area contributed by atoms with E-state index in [9.17, 15) is 4.79 Å². The van der Waals surface area contributed by atoms with Gasteiger partial charge < -0.3 is 10.6 Å². The van der Waals surface area contributed by atoms with Crippen LogP contribution in [0.4, 0.5) is 0 Å². The normalized spacial score (nSPS) is 21.1. The number of nitrogens with zero attached hydrogens (tertiary/aromatic N) is 2. The summed E-state index contributed by atoms with van der Waals surface area (Å²) in [5.74, 6) is 0.474. The average Bonchev–Trinajstić information content (AvgIpc) is 2.92. The maximum atomic E-state index is 12.6. The molecule has 23 heavy (non-hydrogen) atoms. The van der Waals surface area contributed by atoms with E-state index >= 15 is 0 Å². The summed E-state index contributed by atoms with van der Waals surface area (Å²) >= 11 is 0. The van der Waals surface area contributed by atoms with Crippen molar-refractivity contribution in [3.63, 3.8) is 0 Å². The van der Waals surface area contributed by atoms with Gasteiger partial charge in [-0.2, -0.15) is 5.10 Å². The highest BCUT2D eigenvalue weighted by atomic mass is 16.1. The first-order chi connectivity index (χ1) is 11.1. The highest BCUT2D eigenvalue weighted by Crippen LogP contribution is 2.14. The van der Waals surface area contributed by atoms with Crippen molar-refractivity contribution in [1.82, 2.24) is 20.4 Å². The third kappa shape index (κ3) is 3.62. The number of carbonyl (C=O) groups excluding carboxylic acids is 1. The summed E-state index contributed by atoms with van der Waals surface area (Å²) in [5.41, 5.74) is 2.75. The molecule has 5 heteroatoms. The monoisotopic (exact) mass is 312 g/mol. The van der Waals surface area contributed by atoms with Crippen molar-refractivity contribution >= 4 is 5.91 Å². The summed E-state index contributed by atoms with van der Waals surface area (Å²) in [6, 6.07) is 10.3. The molecule has 2 atom stereocenters. The van der Waals surface area contributed by atoms with Gasteiger partial charge in [0.2, 0.25) is 0 Å². The molecule has 5 nitrogen and oxygen atoms in total. The Hall–Kier alpha value is -2.14. The third-order valence-corrected chi connectivity index (χ3v) is 4.67. The minimum Gasteiger partial charge on any atom is -0.348 e. The first-order valence-electron chi connectivity index (χ1n) is 8.23. The van der Waals surface area contributed by atoms with Crippen molar-refractivity contribution in [2.45, 2.75) is 32.9 Å². The van der Waals surface area contributed by atoms with E-state index in [1.54, 1.807) is 6.20 Å². The van der Waals surface area contributed by atoms with Gasteiger partial charge in [-0.1, -0.05) is 37.3 Å². The summed E-state index contributed by atoms with van der Waals surface area (Å²) in [6.45, 7) is 6.69. The van der Waals surface area contributed by atoms with Crippen molar-refractivity contribution in [3.8, 4) is 0 Å². The third-order valence-electron chi connectivity index (χ3n) is 4.67. The molecule has 3 rings (SSSR count). The molecule has 1 aromatic carbocycles. The average molecular weight is 312 g/mol. The number of hydrogen-bond donors (Lipinski definition) is 2. The molecule has 1 fully saturated rings. The van der Waals surface area contributed by atoms with Gasteiger partial charge in [0.05, 0.1) is 18.3 Å². The van der Waals surface area contributed by atoms with Crippen LogP contribution in [0, 0.1) is 12.8 Å². The molecule has 2 aromatic rings. The molecular formula is C18H24N4O. The molecule has 0 aliphatic carbocycles. The molecule has 2 heterocycles. The first kappa shape index (κ1) is 15.7. The predicted molar refractivity (Wildman–Crippen MR) is 90.4 cm³/mol. The number of amides is 1. The minimum absolute atomic E-state index is 0.0256. The van der Waals surface area contributed by atoms with Gasteiger partial charge in [0.1, 0.15) is 0 Å². The van der Waals surface area contributed by atoms with Gasteiger partial charge in [-0.05, 0) is 31.4 Å². The molecule has 2 unspecified atom stereocenters. The largest absolute Gasteiger partial charge is 0.348 e. The Morgan fingerprint density at radius 3 is 2.91 bits per heavy atom. The Morgan fingerprint density at radius 1 is 1.39 bits per heavy atom. The molecular weight excluding hydrogens is 288 g/mol. The number of benzene rings is 1. The second-order valence-electron chi connectivity index (χ2n) is 6.34. The zero-order valence-corrected chi connectivity index (χ0v) is 13.7. The summed E-state index contributed by atoms with van der Waals surface area (Å²) < 4.78 is 1.88. The fourth-order valence-corrected chi connectivity index (χ4v) is 3.01. The van der Waals surface area contributed by atoms with Crippen LogP contribution in [0.25, 0.3) is 0 Å². The van der Waals surface area contributed by atoms with Crippen LogP contribution in [0.2, 0.25) is 0 Å². The number of carbonyl (C=O) groups is 1. The van der Waals surface area contributed by atoms with E-state index in [1.165, 1.54) is 5.56 Å². The molecule has 0 saturated carbocycles. The van der Waals surface area contributed by atoms with Gasteiger partial charge in [0.15, 0.2) is 0 Å². The molecule has 1 saturated heterocycles. The maximum absolute atomic E-state index is 12.6. The molecule has 122 valence electrons. The molecule has 1 aromatic heterocycles. The molecule has 0 bridgehead atoms. The number of piperidine rings is 1. The van der Waals surface area contributed by atoms with Crippen LogP contribution in [0.3, 0.4) is 0 Å². The molecule has 1 aliphatic rings. The molecule has 0 radical (unpaired) electrons. The van der Waals surface area contributed by atoms with Gasteiger partial charge in [-0.15, -0.1) is 0 Å². The molecule has 1 aliphatic heterocycles. The smallest absolute Gasteiger partial charge is 0.255 e. The lowest BCUT2D eigenvalue weighted by Gasteiger charge is -2.30. The van der Waals surface area contributed by atoms with Crippen molar-refractivity contribution in [2.24, 2.45) is 5.92 Å². The van der Waals surface area contributed by atoms with Crippen LogP contribution in [-0.2, 0) is 6.54 Å². The van der Waals surface area contributed by atoms with E-state index in [0.717, 1.165) is 25.2 Å². The van der Waals surface area contributed by atoms with E-state index in [0.29, 0.717) is 18.0 Å². The number of rotatable bonds is 4. The van der Waals surface area contributed by atoms with Crippen LogP contribution < -0.4 is 10.6 Å². The highest BCUT2D eigenvalue weighted by Gasteiger charge is 2.24. The van der Waals surface area contributed by atoms with Crippen LogP contribution >= 0.6 is 0 Å². The van der Waals surface area contributed by atoms with Crippen LogP contribution in [-0.4, -0.2) is 34.8 Å². The van der Waals surface area contributed by atoms with Gasteiger partial charge in [-0.3, -0.25) is 9.48 Å². The van der Waals surface area contributed by atoms with Crippen molar-refractivity contribution < 1.29 is 4.79 Å². The van der Waals surface area contributed by atoms with Gasteiger partial charge in [0.25, 0.3) is 5.91 Å². The first-order valence-corrected chi connectivity index (χ1v) is 8.23. The fourth-order valence-electron chi connectivity index (χ4n) is 3.01. The minimum atomic E-state index is -0.0256. The van der Waals surface area contributed by atoms with Crippen LogP contribution in [0.15, 0.2) is 36.5 Å². The van der Waals surface area contributed by atoms with Crippen LogP contribution in [0.1, 0.15) is 35.0 Å². The predicted octanol–water partition coefficient (Wildman–Crippen LogP) is 1.97. The van der Waals surface area contributed by atoms with E-state index in [2.05, 4.69) is 34.8 Å². The quantitative estimate of drug-likeness (QED) is 0.907. The van der Waals surface area contributed by atoms with Crippen molar-refractivity contribution in [2.75, 3.05) is 13.1 Å². The molecule has 0 spiro atoms. The van der Waals surface area contributed by atoms with E-state index < -0.39 is 0 Å². The zero-order valence-electron chi connectivity index (χ0n) is 13.7. The summed E-state index contributed by atoms with van der Waals surface area (Å²) in [7, 11) is 0. The van der Waals surface area contributed by atoms with E-state index in [4.69, 9.17) is 0 Å². The van der Waals surface area contributed by atoms with Gasteiger partial charge in [0, 0.05) is 18.3 Å². The van der Waals surface area contributed by atoms with E-state index in [-0.39, 0.29) is 11.9 Å². The highest BCUT2D eigenvalue weighted by molar-refractivity contribution is 5.95. The summed E-state index contributed by atoms with van der Waals surface area (Å²) in [6.07, 6.45) is 2.77. The van der Waals surface area contributed by atoms with Crippen molar-refractivity contribution in [3.05, 3.63) is 53.3 Å². The lowest BCUT2D eigenvalue weighted by atomic mass is 9.94.